The van der Waals surface area contributed by atoms with Crippen molar-refractivity contribution in [1.82, 2.24) is 10.9 Å². The van der Waals surface area contributed by atoms with Crippen LogP contribution in [0, 0.1) is 17.0 Å². The Morgan fingerprint density at radius 2 is 1.86 bits per heavy atom. The van der Waals surface area contributed by atoms with Crippen molar-refractivity contribution >= 4 is 17.5 Å². The normalized spacial score (nSPS) is 9.95. The lowest BCUT2D eigenvalue weighted by Gasteiger charge is -2.07. The molecular formula is C13H11N3O5. The Morgan fingerprint density at radius 1 is 1.14 bits per heavy atom. The molecule has 108 valence electrons. The van der Waals surface area contributed by atoms with Gasteiger partial charge in [-0.15, -0.1) is 0 Å². The highest BCUT2D eigenvalue weighted by atomic mass is 16.6. The molecule has 0 saturated carbocycles. The van der Waals surface area contributed by atoms with Gasteiger partial charge in [-0.2, -0.15) is 0 Å². The fourth-order valence-corrected chi connectivity index (χ4v) is 1.73. The van der Waals surface area contributed by atoms with Gasteiger partial charge in [0.15, 0.2) is 5.76 Å². The van der Waals surface area contributed by atoms with Crippen LogP contribution in [0.5, 0.6) is 0 Å². The molecule has 2 rings (SSSR count). The molecule has 2 N–H and O–H groups in total. The topological polar surface area (TPSA) is 114 Å². The second-order valence-electron chi connectivity index (χ2n) is 4.11. The molecule has 0 bridgehead atoms. The Hall–Kier alpha value is -3.16. The van der Waals surface area contributed by atoms with Crippen molar-refractivity contribution in [2.24, 2.45) is 0 Å². The number of para-hydroxylation sites is 1. The third kappa shape index (κ3) is 3.06. The van der Waals surface area contributed by atoms with E-state index in [-0.39, 0.29) is 17.0 Å². The largest absolute Gasteiger partial charge is 0.459 e. The fourth-order valence-electron chi connectivity index (χ4n) is 1.73. The van der Waals surface area contributed by atoms with Crippen LogP contribution < -0.4 is 10.9 Å². The van der Waals surface area contributed by atoms with Crippen LogP contribution in [-0.4, -0.2) is 16.7 Å². The first kappa shape index (κ1) is 14.3. The number of hydrogen-bond acceptors (Lipinski definition) is 5. The molecule has 21 heavy (non-hydrogen) atoms. The number of carbonyl (C=O) groups excluding carboxylic acids is 2. The van der Waals surface area contributed by atoms with Crippen LogP contribution in [-0.2, 0) is 0 Å². The Balaban J connectivity index is 2.13. The second kappa shape index (κ2) is 5.87. The van der Waals surface area contributed by atoms with Gasteiger partial charge in [-0.05, 0) is 25.1 Å². The smallest absolute Gasteiger partial charge is 0.305 e. The molecule has 0 saturated heterocycles. The summed E-state index contributed by atoms with van der Waals surface area (Å²) in [4.78, 5) is 33.9. The average Bonchev–Trinajstić information content (AvgIpc) is 2.97. The summed E-state index contributed by atoms with van der Waals surface area (Å²) < 4.78 is 4.84. The molecule has 0 atom stereocenters. The molecule has 0 radical (unpaired) electrons. The number of nitrogens with one attached hydrogen (secondary N) is 2. The van der Waals surface area contributed by atoms with E-state index in [0.29, 0.717) is 5.56 Å². The minimum Gasteiger partial charge on any atom is -0.459 e. The van der Waals surface area contributed by atoms with Gasteiger partial charge in [0.2, 0.25) is 0 Å². The fraction of sp³-hybridized carbons (Fsp3) is 0.0769. The first-order valence-corrected chi connectivity index (χ1v) is 5.89. The van der Waals surface area contributed by atoms with Gasteiger partial charge in [-0.25, -0.2) is 0 Å². The number of aryl methyl sites for hydroxylation is 1. The lowest BCUT2D eigenvalue weighted by Crippen LogP contribution is -2.41. The zero-order valence-corrected chi connectivity index (χ0v) is 11.0. The van der Waals surface area contributed by atoms with Gasteiger partial charge in [0.25, 0.3) is 11.6 Å². The summed E-state index contributed by atoms with van der Waals surface area (Å²) in [5.41, 5.74) is 4.13. The number of amides is 2. The molecule has 0 aliphatic heterocycles. The van der Waals surface area contributed by atoms with Gasteiger partial charge in [0.05, 0.1) is 11.2 Å². The van der Waals surface area contributed by atoms with E-state index < -0.39 is 16.7 Å². The van der Waals surface area contributed by atoms with Crippen LogP contribution in [0.4, 0.5) is 5.69 Å². The van der Waals surface area contributed by atoms with E-state index in [2.05, 4.69) is 10.9 Å². The predicted octanol–water partition coefficient (Wildman–Crippen LogP) is 1.57. The van der Waals surface area contributed by atoms with Crippen LogP contribution in [0.15, 0.2) is 41.0 Å². The Bertz CT molecular complexity index is 694. The Labute approximate surface area is 118 Å². The van der Waals surface area contributed by atoms with Crippen molar-refractivity contribution in [2.45, 2.75) is 6.92 Å². The summed E-state index contributed by atoms with van der Waals surface area (Å²) >= 11 is 0. The summed E-state index contributed by atoms with van der Waals surface area (Å²) in [6.07, 6.45) is 1.31. The van der Waals surface area contributed by atoms with E-state index in [4.69, 9.17) is 4.42 Å². The third-order valence-electron chi connectivity index (χ3n) is 2.70. The summed E-state index contributed by atoms with van der Waals surface area (Å²) in [5, 5.41) is 11.0. The number of furan rings is 1. The van der Waals surface area contributed by atoms with E-state index in [1.807, 2.05) is 0 Å². The minimum atomic E-state index is -0.787. The predicted molar refractivity (Wildman–Crippen MR) is 71.5 cm³/mol. The molecule has 1 aromatic carbocycles. The van der Waals surface area contributed by atoms with Gasteiger partial charge >= 0.3 is 5.91 Å². The maximum Gasteiger partial charge on any atom is 0.305 e. The molecule has 2 aromatic rings. The zero-order chi connectivity index (χ0) is 15.4. The average molecular weight is 289 g/mol. The standard InChI is InChI=1S/C13H11N3O5/c1-8-4-2-5-9(11(8)16(19)20)12(17)14-15-13(18)10-6-3-7-21-10/h2-7H,1H3,(H,14,17)(H,15,18). The zero-order valence-electron chi connectivity index (χ0n) is 11.0. The monoisotopic (exact) mass is 289 g/mol. The highest BCUT2D eigenvalue weighted by molar-refractivity contribution is 6.00. The first-order chi connectivity index (χ1) is 10.0. The van der Waals surface area contributed by atoms with Crippen molar-refractivity contribution in [3.05, 3.63) is 63.6 Å². The van der Waals surface area contributed by atoms with E-state index in [1.54, 1.807) is 0 Å². The number of carbonyl (C=O) groups is 2. The minimum absolute atomic E-state index is 0.00837. The van der Waals surface area contributed by atoms with Crippen molar-refractivity contribution in [2.75, 3.05) is 0 Å². The number of nitro groups is 1. The molecule has 1 heterocycles. The van der Waals surface area contributed by atoms with Crippen LogP contribution in [0.3, 0.4) is 0 Å². The Kier molecular flexibility index (Phi) is 3.98. The van der Waals surface area contributed by atoms with Crippen molar-refractivity contribution in [1.29, 1.82) is 0 Å². The van der Waals surface area contributed by atoms with Gasteiger partial charge in [-0.3, -0.25) is 30.6 Å². The molecule has 1 aromatic heterocycles. The number of nitro benzene ring substituents is 1. The van der Waals surface area contributed by atoms with Crippen LogP contribution >= 0.6 is 0 Å². The van der Waals surface area contributed by atoms with Crippen LogP contribution in [0.25, 0.3) is 0 Å². The number of hydrazine groups is 1. The molecule has 0 aliphatic rings. The first-order valence-electron chi connectivity index (χ1n) is 5.89. The number of nitrogens with zero attached hydrogens (tertiary/aromatic N) is 1. The maximum absolute atomic E-state index is 11.9. The molecule has 0 fully saturated rings. The second-order valence-corrected chi connectivity index (χ2v) is 4.11. The van der Waals surface area contributed by atoms with Crippen molar-refractivity contribution < 1.29 is 18.9 Å². The molecule has 0 aliphatic carbocycles. The van der Waals surface area contributed by atoms with Crippen molar-refractivity contribution in [3.8, 4) is 0 Å². The van der Waals surface area contributed by atoms with E-state index in [1.165, 1.54) is 43.5 Å². The van der Waals surface area contributed by atoms with Crippen LogP contribution in [0.2, 0.25) is 0 Å². The molecule has 8 heteroatoms. The summed E-state index contributed by atoms with van der Waals surface area (Å²) in [7, 11) is 0. The quantitative estimate of drug-likeness (QED) is 0.657. The highest BCUT2D eigenvalue weighted by Gasteiger charge is 2.22. The number of hydrogen-bond donors (Lipinski definition) is 2. The summed E-state index contributed by atoms with van der Waals surface area (Å²) in [6.45, 7) is 1.52. The van der Waals surface area contributed by atoms with Gasteiger partial charge in [-0.1, -0.05) is 12.1 Å². The third-order valence-corrected chi connectivity index (χ3v) is 2.70. The lowest BCUT2D eigenvalue weighted by atomic mass is 10.1. The van der Waals surface area contributed by atoms with Gasteiger partial charge in [0.1, 0.15) is 5.56 Å². The van der Waals surface area contributed by atoms with E-state index in [9.17, 15) is 19.7 Å². The molecule has 2 amide bonds. The van der Waals surface area contributed by atoms with E-state index >= 15 is 0 Å². The Morgan fingerprint density at radius 3 is 2.48 bits per heavy atom. The number of rotatable bonds is 3. The van der Waals surface area contributed by atoms with Crippen molar-refractivity contribution in [3.63, 3.8) is 0 Å². The van der Waals surface area contributed by atoms with Gasteiger partial charge < -0.3 is 4.42 Å². The summed E-state index contributed by atoms with van der Waals surface area (Å²) in [5.74, 6) is -1.44. The number of benzene rings is 1. The van der Waals surface area contributed by atoms with Crippen LogP contribution in [0.1, 0.15) is 26.5 Å². The van der Waals surface area contributed by atoms with Gasteiger partial charge in [0, 0.05) is 5.56 Å². The lowest BCUT2D eigenvalue weighted by molar-refractivity contribution is -0.385. The van der Waals surface area contributed by atoms with E-state index in [0.717, 1.165) is 0 Å². The molecular weight excluding hydrogens is 278 g/mol. The molecule has 8 nitrogen and oxygen atoms in total. The molecule has 0 spiro atoms. The highest BCUT2D eigenvalue weighted by Crippen LogP contribution is 2.22. The summed E-state index contributed by atoms with van der Waals surface area (Å²) in [6, 6.07) is 7.28. The SMILES string of the molecule is Cc1cccc(C(=O)NNC(=O)c2ccco2)c1[N+](=O)[O-]. The maximum atomic E-state index is 11.9. The molecule has 0 unspecified atom stereocenters.